The number of likely N-dealkylation sites (tertiary alicyclic amines) is 1. The summed E-state index contributed by atoms with van der Waals surface area (Å²) in [7, 11) is 0. The van der Waals surface area contributed by atoms with Crippen LogP contribution in [-0.4, -0.2) is 45.0 Å². The van der Waals surface area contributed by atoms with Crippen molar-refractivity contribution in [2.75, 3.05) is 13.1 Å². The van der Waals surface area contributed by atoms with E-state index >= 15 is 0 Å². The number of ether oxygens (including phenoxy) is 1. The van der Waals surface area contributed by atoms with Crippen LogP contribution >= 0.6 is 11.6 Å². The van der Waals surface area contributed by atoms with Gasteiger partial charge in [-0.3, -0.25) is 9.78 Å². The number of fused-ring (bicyclic) bond motifs is 2. The van der Waals surface area contributed by atoms with Gasteiger partial charge in [-0.2, -0.15) is 0 Å². The normalized spacial score (nSPS) is 18.3. The van der Waals surface area contributed by atoms with Crippen molar-refractivity contribution < 1.29 is 9.53 Å². The van der Waals surface area contributed by atoms with E-state index in [1.807, 2.05) is 47.8 Å². The predicted molar refractivity (Wildman–Crippen MR) is 127 cm³/mol. The smallest absolute Gasteiger partial charge is 0.263 e. The highest BCUT2D eigenvalue weighted by Crippen LogP contribution is 2.43. The number of pyridine rings is 2. The number of nitrogens with zero attached hydrogens (tertiary/aromatic N) is 3. The minimum atomic E-state index is -0.516. The van der Waals surface area contributed by atoms with Crippen LogP contribution in [0.25, 0.3) is 22.2 Å². The molecule has 0 saturated carbocycles. The molecule has 0 radical (unpaired) electrons. The van der Waals surface area contributed by atoms with Crippen LogP contribution in [0, 0.1) is 0 Å². The van der Waals surface area contributed by atoms with E-state index in [0.717, 1.165) is 59.4 Å². The van der Waals surface area contributed by atoms with Crippen molar-refractivity contribution in [3.05, 3.63) is 77.3 Å². The Morgan fingerprint density at radius 2 is 1.88 bits per heavy atom. The third kappa shape index (κ3) is 3.64. The number of rotatable bonds is 3. The number of aromatic nitrogens is 3. The zero-order valence-electron chi connectivity index (χ0n) is 18.0. The summed E-state index contributed by atoms with van der Waals surface area (Å²) in [5.41, 5.74) is 4.98. The first-order chi connectivity index (χ1) is 16.2. The van der Waals surface area contributed by atoms with Crippen LogP contribution in [0.2, 0.25) is 5.02 Å². The van der Waals surface area contributed by atoms with E-state index in [2.05, 4.69) is 27.1 Å². The second kappa shape index (κ2) is 8.19. The van der Waals surface area contributed by atoms with Crippen LogP contribution in [0.4, 0.5) is 0 Å². The number of carbonyl (C=O) groups excluding carboxylic acids is 1. The largest absolute Gasteiger partial charge is 0.479 e. The standard InChI is InChI=1S/C26H23ClN4O2/c27-19-13-18-14-23(26(32)31-11-5-17(6-12-31)16-1-7-28-8-2-16)33-24(18)22(15-19)20-3-9-29-25-21(20)4-10-30-25/h1-4,7-10,13,15,17,23H,5-6,11-12,14H2,(H,29,30)/t23-/m1/s1. The Kier molecular flexibility index (Phi) is 5.03. The van der Waals surface area contributed by atoms with E-state index < -0.39 is 6.10 Å². The number of carbonyl (C=O) groups is 1. The fraction of sp³-hybridized carbons (Fsp3) is 0.269. The van der Waals surface area contributed by atoms with Gasteiger partial charge in [-0.1, -0.05) is 11.6 Å². The lowest BCUT2D eigenvalue weighted by Crippen LogP contribution is -2.45. The van der Waals surface area contributed by atoms with Crippen molar-refractivity contribution in [3.63, 3.8) is 0 Å². The van der Waals surface area contributed by atoms with Crippen LogP contribution in [0.15, 0.2) is 61.2 Å². The van der Waals surface area contributed by atoms with E-state index in [9.17, 15) is 4.79 Å². The molecule has 0 aliphatic carbocycles. The Hall–Kier alpha value is -3.38. The van der Waals surface area contributed by atoms with Crippen molar-refractivity contribution >= 4 is 28.5 Å². The molecule has 4 aromatic rings. The van der Waals surface area contributed by atoms with Crippen LogP contribution in [-0.2, 0) is 11.2 Å². The lowest BCUT2D eigenvalue weighted by Gasteiger charge is -2.33. The van der Waals surface area contributed by atoms with E-state index in [1.165, 1.54) is 5.56 Å². The molecular weight excluding hydrogens is 436 g/mol. The van der Waals surface area contributed by atoms with Gasteiger partial charge in [-0.15, -0.1) is 0 Å². The van der Waals surface area contributed by atoms with Crippen molar-refractivity contribution in [2.45, 2.75) is 31.3 Å². The molecule has 6 rings (SSSR count). The molecule has 1 saturated heterocycles. The van der Waals surface area contributed by atoms with E-state index in [-0.39, 0.29) is 5.91 Å². The van der Waals surface area contributed by atoms with Gasteiger partial charge in [0, 0.05) is 65.8 Å². The summed E-state index contributed by atoms with van der Waals surface area (Å²) < 4.78 is 6.31. The van der Waals surface area contributed by atoms with Crippen LogP contribution < -0.4 is 4.74 Å². The van der Waals surface area contributed by atoms with Crippen molar-refractivity contribution in [1.82, 2.24) is 19.9 Å². The maximum absolute atomic E-state index is 13.4. The lowest BCUT2D eigenvalue weighted by atomic mass is 9.90. The molecule has 5 heterocycles. The summed E-state index contributed by atoms with van der Waals surface area (Å²) in [4.78, 5) is 26.9. The average molecular weight is 459 g/mol. The summed E-state index contributed by atoms with van der Waals surface area (Å²) in [6.45, 7) is 1.48. The number of hydrogen-bond acceptors (Lipinski definition) is 4. The van der Waals surface area contributed by atoms with Gasteiger partial charge in [0.15, 0.2) is 6.10 Å². The Bertz CT molecular complexity index is 1330. The maximum atomic E-state index is 13.4. The Labute approximate surface area is 196 Å². The number of nitrogens with one attached hydrogen (secondary N) is 1. The van der Waals surface area contributed by atoms with Crippen LogP contribution in [0.3, 0.4) is 0 Å². The van der Waals surface area contributed by atoms with Crippen LogP contribution in [0.1, 0.15) is 29.9 Å². The molecule has 1 N–H and O–H groups in total. The fourth-order valence-corrected chi connectivity index (χ4v) is 5.37. The van der Waals surface area contributed by atoms with Crippen molar-refractivity contribution in [2.24, 2.45) is 0 Å². The topological polar surface area (TPSA) is 71.1 Å². The molecule has 0 spiro atoms. The monoisotopic (exact) mass is 458 g/mol. The summed E-state index contributed by atoms with van der Waals surface area (Å²) in [6, 6.07) is 11.9. The molecule has 1 amide bonds. The fourth-order valence-electron chi connectivity index (χ4n) is 5.13. The first kappa shape index (κ1) is 20.2. The number of hydrogen-bond donors (Lipinski definition) is 1. The predicted octanol–water partition coefficient (Wildman–Crippen LogP) is 4.99. The number of amides is 1. The lowest BCUT2D eigenvalue weighted by molar-refractivity contribution is -0.139. The van der Waals surface area contributed by atoms with E-state index in [0.29, 0.717) is 17.4 Å². The molecule has 1 atom stereocenters. The van der Waals surface area contributed by atoms with Gasteiger partial charge in [0.05, 0.1) is 0 Å². The van der Waals surface area contributed by atoms with E-state index in [1.54, 1.807) is 6.20 Å². The highest BCUT2D eigenvalue weighted by molar-refractivity contribution is 6.31. The van der Waals surface area contributed by atoms with Gasteiger partial charge in [0.2, 0.25) is 0 Å². The van der Waals surface area contributed by atoms with Crippen molar-refractivity contribution in [3.8, 4) is 16.9 Å². The van der Waals surface area contributed by atoms with Gasteiger partial charge in [0.25, 0.3) is 5.91 Å². The minimum Gasteiger partial charge on any atom is -0.479 e. The van der Waals surface area contributed by atoms with Gasteiger partial charge in [-0.05, 0) is 66.3 Å². The third-order valence-corrected chi connectivity index (χ3v) is 7.02. The van der Waals surface area contributed by atoms with Gasteiger partial charge in [0.1, 0.15) is 11.4 Å². The van der Waals surface area contributed by atoms with Gasteiger partial charge in [-0.25, -0.2) is 4.98 Å². The molecule has 166 valence electrons. The number of piperidine rings is 1. The summed E-state index contributed by atoms with van der Waals surface area (Å²) in [6.07, 6.45) is 9.24. The van der Waals surface area contributed by atoms with Crippen LogP contribution in [0.5, 0.6) is 5.75 Å². The quantitative estimate of drug-likeness (QED) is 0.469. The molecule has 3 aromatic heterocycles. The first-order valence-corrected chi connectivity index (χ1v) is 11.7. The number of H-pyrrole nitrogens is 1. The molecule has 0 bridgehead atoms. The summed E-state index contributed by atoms with van der Waals surface area (Å²) in [5.74, 6) is 1.28. The second-order valence-electron chi connectivity index (χ2n) is 8.73. The molecular formula is C26H23ClN4O2. The molecule has 0 unspecified atom stereocenters. The highest BCUT2D eigenvalue weighted by atomic mass is 35.5. The van der Waals surface area contributed by atoms with E-state index in [4.69, 9.17) is 16.3 Å². The molecule has 2 aliphatic rings. The first-order valence-electron chi connectivity index (χ1n) is 11.3. The maximum Gasteiger partial charge on any atom is 0.263 e. The number of aromatic amines is 1. The molecule has 33 heavy (non-hydrogen) atoms. The number of benzene rings is 1. The van der Waals surface area contributed by atoms with Gasteiger partial charge < -0.3 is 14.6 Å². The Balaban J connectivity index is 1.22. The number of halogens is 1. The molecule has 1 fully saturated rings. The van der Waals surface area contributed by atoms with Gasteiger partial charge >= 0.3 is 0 Å². The SMILES string of the molecule is O=C([C@H]1Cc2cc(Cl)cc(-c3ccnc4[nH]ccc34)c2O1)N1CCC(c2ccncc2)CC1. The molecule has 7 heteroatoms. The summed E-state index contributed by atoms with van der Waals surface area (Å²) >= 11 is 6.47. The molecule has 6 nitrogen and oxygen atoms in total. The Morgan fingerprint density at radius 1 is 1.06 bits per heavy atom. The second-order valence-corrected chi connectivity index (χ2v) is 9.17. The Morgan fingerprint density at radius 3 is 2.70 bits per heavy atom. The molecule has 2 aliphatic heterocycles. The highest BCUT2D eigenvalue weighted by Gasteiger charge is 2.36. The minimum absolute atomic E-state index is 0.0583. The zero-order chi connectivity index (χ0) is 22.4. The third-order valence-electron chi connectivity index (χ3n) is 6.81. The summed E-state index contributed by atoms with van der Waals surface area (Å²) in [5, 5.41) is 1.64. The van der Waals surface area contributed by atoms with Crippen molar-refractivity contribution in [1.29, 1.82) is 0 Å². The zero-order valence-corrected chi connectivity index (χ0v) is 18.8. The molecule has 1 aromatic carbocycles. The average Bonchev–Trinajstić information content (AvgIpc) is 3.51.